The van der Waals surface area contributed by atoms with E-state index in [0.29, 0.717) is 5.92 Å². The Morgan fingerprint density at radius 2 is 1.55 bits per heavy atom. The van der Waals surface area contributed by atoms with Gasteiger partial charge in [-0.3, -0.25) is 0 Å². The van der Waals surface area contributed by atoms with Crippen LogP contribution in [0.1, 0.15) is 66.5 Å². The van der Waals surface area contributed by atoms with E-state index in [1.165, 1.54) is 27.8 Å². The first-order chi connectivity index (χ1) is 10.0. The Bertz CT molecular complexity index is 624. The van der Waals surface area contributed by atoms with E-state index in [0.717, 1.165) is 0 Å². The van der Waals surface area contributed by atoms with Gasteiger partial charge in [-0.25, -0.2) is 0 Å². The smallest absolute Gasteiger partial charge is 0.0387 e. The van der Waals surface area contributed by atoms with Gasteiger partial charge in [-0.05, 0) is 70.7 Å². The molecule has 1 aliphatic carbocycles. The van der Waals surface area contributed by atoms with E-state index in [4.69, 9.17) is 0 Å². The standard InChI is InChI=1S/C21H31N/c1-14-13-15(2)19(16(14)3)17-11-9-10-12-18(17)21(7,8)22-20(4,5)6/h9-13,15,22H,1-8H3. The number of hydrogen-bond donors (Lipinski definition) is 1. The van der Waals surface area contributed by atoms with E-state index in [2.05, 4.69) is 91.0 Å². The van der Waals surface area contributed by atoms with Crippen molar-refractivity contribution < 1.29 is 0 Å². The van der Waals surface area contributed by atoms with Crippen LogP contribution in [0.5, 0.6) is 0 Å². The zero-order chi connectivity index (χ0) is 16.7. The third kappa shape index (κ3) is 3.35. The van der Waals surface area contributed by atoms with E-state index in [9.17, 15) is 0 Å². The highest BCUT2D eigenvalue weighted by atomic mass is 15.0. The second-order valence-corrected chi connectivity index (χ2v) is 8.22. The summed E-state index contributed by atoms with van der Waals surface area (Å²) in [7, 11) is 0. The number of rotatable bonds is 3. The fourth-order valence-electron chi connectivity index (χ4n) is 3.85. The molecule has 1 aromatic carbocycles. The molecule has 0 aliphatic heterocycles. The summed E-state index contributed by atoms with van der Waals surface area (Å²) in [5.41, 5.74) is 7.12. The molecule has 0 fully saturated rings. The molecule has 0 saturated heterocycles. The summed E-state index contributed by atoms with van der Waals surface area (Å²) in [4.78, 5) is 0. The van der Waals surface area contributed by atoms with E-state index >= 15 is 0 Å². The molecule has 1 aliphatic rings. The highest BCUT2D eigenvalue weighted by Crippen LogP contribution is 2.41. The predicted octanol–water partition coefficient (Wildman–Crippen LogP) is 5.68. The van der Waals surface area contributed by atoms with Gasteiger partial charge in [0, 0.05) is 17.0 Å². The molecule has 1 heteroatoms. The Hall–Kier alpha value is -1.34. The van der Waals surface area contributed by atoms with Crippen molar-refractivity contribution in [3.8, 4) is 0 Å². The van der Waals surface area contributed by atoms with E-state index in [1.807, 2.05) is 0 Å². The Balaban J connectivity index is 2.54. The van der Waals surface area contributed by atoms with Gasteiger partial charge in [0.2, 0.25) is 0 Å². The van der Waals surface area contributed by atoms with Gasteiger partial charge in [-0.15, -0.1) is 0 Å². The maximum atomic E-state index is 3.78. The quantitative estimate of drug-likeness (QED) is 0.757. The fraction of sp³-hybridized carbons (Fsp3) is 0.524. The van der Waals surface area contributed by atoms with Crippen LogP contribution in [0.4, 0.5) is 0 Å². The van der Waals surface area contributed by atoms with Gasteiger partial charge in [-0.1, -0.05) is 42.8 Å². The van der Waals surface area contributed by atoms with Crippen molar-refractivity contribution >= 4 is 5.57 Å². The lowest BCUT2D eigenvalue weighted by atomic mass is 9.82. The summed E-state index contributed by atoms with van der Waals surface area (Å²) in [6.07, 6.45) is 2.38. The summed E-state index contributed by atoms with van der Waals surface area (Å²) in [6, 6.07) is 8.87. The molecule has 1 nitrogen and oxygen atoms in total. The molecule has 0 bridgehead atoms. The highest BCUT2D eigenvalue weighted by Gasteiger charge is 2.30. The molecular formula is C21H31N. The number of nitrogens with one attached hydrogen (secondary N) is 1. The van der Waals surface area contributed by atoms with Crippen LogP contribution < -0.4 is 5.32 Å². The minimum absolute atomic E-state index is 0.0711. The van der Waals surface area contributed by atoms with Gasteiger partial charge in [0.25, 0.3) is 0 Å². The first-order valence-corrected chi connectivity index (χ1v) is 8.32. The number of hydrogen-bond acceptors (Lipinski definition) is 1. The summed E-state index contributed by atoms with van der Waals surface area (Å²) in [5, 5.41) is 3.78. The maximum Gasteiger partial charge on any atom is 0.0387 e. The zero-order valence-electron chi connectivity index (χ0n) is 15.5. The molecule has 0 heterocycles. The van der Waals surface area contributed by atoms with Gasteiger partial charge in [0.15, 0.2) is 0 Å². The van der Waals surface area contributed by atoms with Crippen molar-refractivity contribution in [3.63, 3.8) is 0 Å². The molecular weight excluding hydrogens is 266 g/mol. The lowest BCUT2D eigenvalue weighted by Gasteiger charge is -2.37. The molecule has 1 atom stereocenters. The van der Waals surface area contributed by atoms with E-state index < -0.39 is 0 Å². The summed E-state index contributed by atoms with van der Waals surface area (Å²) in [6.45, 7) is 18.0. The molecule has 0 radical (unpaired) electrons. The number of allylic oxidation sites excluding steroid dienone is 4. The minimum Gasteiger partial charge on any atom is -0.303 e. The Kier molecular flexibility index (Phi) is 4.41. The molecule has 0 spiro atoms. The SMILES string of the molecule is CC1=CC(C)C(c2ccccc2C(C)(C)NC(C)(C)C)=C1C. The van der Waals surface area contributed by atoms with Crippen LogP contribution in [-0.2, 0) is 5.54 Å². The van der Waals surface area contributed by atoms with Crippen molar-refractivity contribution in [2.45, 2.75) is 66.5 Å². The number of benzene rings is 1. The topological polar surface area (TPSA) is 12.0 Å². The molecule has 2 rings (SSSR count). The average Bonchev–Trinajstić information content (AvgIpc) is 2.60. The highest BCUT2D eigenvalue weighted by molar-refractivity contribution is 5.80. The lowest BCUT2D eigenvalue weighted by molar-refractivity contribution is 0.286. The third-order valence-electron chi connectivity index (χ3n) is 4.53. The molecule has 1 N–H and O–H groups in total. The molecule has 0 amide bonds. The minimum atomic E-state index is -0.0711. The zero-order valence-corrected chi connectivity index (χ0v) is 15.5. The monoisotopic (exact) mass is 297 g/mol. The van der Waals surface area contributed by atoms with Gasteiger partial charge in [0.05, 0.1) is 0 Å². The second-order valence-electron chi connectivity index (χ2n) is 8.22. The summed E-state index contributed by atoms with van der Waals surface area (Å²) >= 11 is 0. The average molecular weight is 297 g/mol. The first-order valence-electron chi connectivity index (χ1n) is 8.32. The maximum absolute atomic E-state index is 3.78. The van der Waals surface area contributed by atoms with Crippen LogP contribution in [0.2, 0.25) is 0 Å². The van der Waals surface area contributed by atoms with Crippen molar-refractivity contribution in [3.05, 3.63) is 52.6 Å². The molecule has 1 unspecified atom stereocenters. The Morgan fingerprint density at radius 3 is 2.05 bits per heavy atom. The summed E-state index contributed by atoms with van der Waals surface area (Å²) < 4.78 is 0. The first kappa shape index (κ1) is 17.0. The van der Waals surface area contributed by atoms with Crippen molar-refractivity contribution in [1.82, 2.24) is 5.32 Å². The predicted molar refractivity (Wildman–Crippen MR) is 97.9 cm³/mol. The van der Waals surface area contributed by atoms with Crippen molar-refractivity contribution in [2.24, 2.45) is 5.92 Å². The molecule has 0 saturated carbocycles. The van der Waals surface area contributed by atoms with Gasteiger partial charge >= 0.3 is 0 Å². The second kappa shape index (κ2) is 5.70. The van der Waals surface area contributed by atoms with Gasteiger partial charge in [0.1, 0.15) is 0 Å². The van der Waals surface area contributed by atoms with E-state index in [1.54, 1.807) is 0 Å². The normalized spacial score (nSPS) is 19.6. The molecule has 22 heavy (non-hydrogen) atoms. The van der Waals surface area contributed by atoms with Crippen LogP contribution in [0.3, 0.4) is 0 Å². The largest absolute Gasteiger partial charge is 0.303 e. The molecule has 120 valence electrons. The van der Waals surface area contributed by atoms with Crippen LogP contribution in [0, 0.1) is 5.92 Å². The van der Waals surface area contributed by atoms with Gasteiger partial charge in [-0.2, -0.15) is 0 Å². The van der Waals surface area contributed by atoms with E-state index in [-0.39, 0.29) is 11.1 Å². The molecule has 1 aromatic rings. The lowest BCUT2D eigenvalue weighted by Crippen LogP contribution is -2.48. The van der Waals surface area contributed by atoms with Crippen molar-refractivity contribution in [1.29, 1.82) is 0 Å². The third-order valence-corrected chi connectivity index (χ3v) is 4.53. The van der Waals surface area contributed by atoms with Crippen LogP contribution in [-0.4, -0.2) is 5.54 Å². The van der Waals surface area contributed by atoms with Crippen LogP contribution >= 0.6 is 0 Å². The molecule has 0 aromatic heterocycles. The fourth-order valence-corrected chi connectivity index (χ4v) is 3.85. The Morgan fingerprint density at radius 1 is 0.955 bits per heavy atom. The van der Waals surface area contributed by atoms with Crippen LogP contribution in [0.15, 0.2) is 41.5 Å². The van der Waals surface area contributed by atoms with Crippen LogP contribution in [0.25, 0.3) is 5.57 Å². The Labute approximate surface area is 136 Å². The van der Waals surface area contributed by atoms with Crippen molar-refractivity contribution in [2.75, 3.05) is 0 Å². The summed E-state index contributed by atoms with van der Waals surface area (Å²) in [5.74, 6) is 0.492. The van der Waals surface area contributed by atoms with Gasteiger partial charge < -0.3 is 5.32 Å².